The predicted octanol–water partition coefficient (Wildman–Crippen LogP) is 1.83. The number of nitriles is 1. The lowest BCUT2D eigenvalue weighted by molar-refractivity contribution is 0.465. The molecule has 4 heterocycles. The van der Waals surface area contributed by atoms with Gasteiger partial charge in [0.25, 0.3) is 0 Å². The molecule has 7 nitrogen and oxygen atoms in total. The number of rotatable bonds is 3. The quantitative estimate of drug-likeness (QED) is 0.761. The zero-order chi connectivity index (χ0) is 16.8. The molecule has 0 radical (unpaired) electrons. The number of piperidine rings is 1. The third-order valence-electron chi connectivity index (χ3n) is 5.20. The van der Waals surface area contributed by atoms with Crippen LogP contribution in [0.3, 0.4) is 0 Å². The average Bonchev–Trinajstić information content (AvgIpc) is 3.36. The van der Waals surface area contributed by atoms with Gasteiger partial charge in [0.2, 0.25) is 0 Å². The van der Waals surface area contributed by atoms with E-state index in [1.165, 1.54) is 12.8 Å². The molecule has 5 rings (SSSR count). The number of fused-ring (bicyclic) bond motifs is 3. The van der Waals surface area contributed by atoms with E-state index in [-0.39, 0.29) is 0 Å². The van der Waals surface area contributed by atoms with Crippen LogP contribution in [0.5, 0.6) is 0 Å². The summed E-state index contributed by atoms with van der Waals surface area (Å²) in [4.78, 5) is 13.5. The van der Waals surface area contributed by atoms with Crippen molar-refractivity contribution in [1.82, 2.24) is 24.7 Å². The minimum absolute atomic E-state index is 0.420. The van der Waals surface area contributed by atoms with E-state index in [1.807, 2.05) is 10.6 Å². The fourth-order valence-corrected chi connectivity index (χ4v) is 4.00. The first-order valence-corrected chi connectivity index (χ1v) is 8.50. The maximum absolute atomic E-state index is 9.02. The number of hydrogen-bond donors (Lipinski definition) is 2. The summed E-state index contributed by atoms with van der Waals surface area (Å²) >= 11 is 0. The van der Waals surface area contributed by atoms with Gasteiger partial charge in [-0.1, -0.05) is 0 Å². The van der Waals surface area contributed by atoms with Crippen LogP contribution in [0.15, 0.2) is 36.9 Å². The van der Waals surface area contributed by atoms with E-state index in [2.05, 4.69) is 26.7 Å². The van der Waals surface area contributed by atoms with Crippen LogP contribution in [0.1, 0.15) is 18.4 Å². The number of anilines is 1. The van der Waals surface area contributed by atoms with Crippen LogP contribution in [0, 0.1) is 17.2 Å². The highest BCUT2D eigenvalue weighted by atomic mass is 15.1. The second-order valence-corrected chi connectivity index (χ2v) is 6.79. The summed E-state index contributed by atoms with van der Waals surface area (Å²) in [6.45, 7) is 1.14. The highest BCUT2D eigenvalue weighted by molar-refractivity contribution is 5.62. The number of pyridine rings is 1. The van der Waals surface area contributed by atoms with Crippen LogP contribution in [-0.4, -0.2) is 38.0 Å². The first-order chi connectivity index (χ1) is 12.3. The van der Waals surface area contributed by atoms with Crippen LogP contribution < -0.4 is 10.6 Å². The van der Waals surface area contributed by atoms with Crippen molar-refractivity contribution in [3.8, 4) is 17.5 Å². The van der Waals surface area contributed by atoms with Crippen LogP contribution in [0.4, 0.5) is 5.82 Å². The lowest BCUT2D eigenvalue weighted by Gasteiger charge is -2.24. The van der Waals surface area contributed by atoms with E-state index in [9.17, 15) is 0 Å². The van der Waals surface area contributed by atoms with Crippen molar-refractivity contribution in [2.24, 2.45) is 5.92 Å². The molecule has 124 valence electrons. The van der Waals surface area contributed by atoms with Crippen molar-refractivity contribution < 1.29 is 0 Å². The maximum Gasteiger partial charge on any atom is 0.145 e. The Bertz CT molecular complexity index is 986. The molecule has 2 aliphatic rings. The molecule has 3 aromatic rings. The molecule has 2 fully saturated rings. The summed E-state index contributed by atoms with van der Waals surface area (Å²) in [5.74, 6) is 1.58. The van der Waals surface area contributed by atoms with Crippen LogP contribution >= 0.6 is 0 Å². The van der Waals surface area contributed by atoms with Crippen molar-refractivity contribution >= 4 is 11.5 Å². The highest BCUT2D eigenvalue weighted by Gasteiger charge is 2.39. The number of aromatic nitrogens is 4. The number of nitrogens with one attached hydrogen (secondary N) is 2. The minimum Gasteiger partial charge on any atom is -0.364 e. The molecule has 2 bridgehead atoms. The van der Waals surface area contributed by atoms with Gasteiger partial charge in [-0.25, -0.2) is 9.97 Å². The lowest BCUT2D eigenvalue weighted by atomic mass is 10.1. The second-order valence-electron chi connectivity index (χ2n) is 6.79. The topological polar surface area (TPSA) is 90.9 Å². The number of nitrogens with zero attached hydrogens (tertiary/aromatic N) is 5. The van der Waals surface area contributed by atoms with E-state index in [1.54, 1.807) is 30.7 Å². The summed E-state index contributed by atoms with van der Waals surface area (Å²) in [7, 11) is 0. The summed E-state index contributed by atoms with van der Waals surface area (Å²) in [5, 5.41) is 16.1. The minimum atomic E-state index is 0.420. The van der Waals surface area contributed by atoms with Crippen molar-refractivity contribution in [3.63, 3.8) is 0 Å². The zero-order valence-electron chi connectivity index (χ0n) is 13.6. The van der Waals surface area contributed by atoms with Gasteiger partial charge in [-0.05, 0) is 37.4 Å². The van der Waals surface area contributed by atoms with E-state index in [0.717, 1.165) is 35.3 Å². The zero-order valence-corrected chi connectivity index (χ0v) is 13.6. The molecule has 1 saturated carbocycles. The van der Waals surface area contributed by atoms with Crippen molar-refractivity contribution in [1.29, 1.82) is 5.26 Å². The molecule has 0 spiro atoms. The van der Waals surface area contributed by atoms with Crippen LogP contribution in [-0.2, 0) is 0 Å². The van der Waals surface area contributed by atoms with E-state index >= 15 is 0 Å². The molecule has 3 atom stereocenters. The maximum atomic E-state index is 9.02. The van der Waals surface area contributed by atoms with Crippen LogP contribution in [0.25, 0.3) is 17.0 Å². The molecule has 0 aromatic carbocycles. The molecule has 3 unspecified atom stereocenters. The molecule has 1 aliphatic carbocycles. The molecule has 1 saturated heterocycles. The molecular weight excluding hydrogens is 314 g/mol. The standard InChI is InChI=1S/C18H17N7/c19-6-11-1-2-25-16(9-22-18(25)5-11)15-8-20-10-17(24-15)23-14-4-12-3-13(14)21-7-12/h1-2,5,8-10,12-14,21H,3-4,7H2,(H,23,24). The number of imidazole rings is 1. The van der Waals surface area contributed by atoms with E-state index < -0.39 is 0 Å². The number of hydrogen-bond acceptors (Lipinski definition) is 6. The molecule has 2 N–H and O–H groups in total. The van der Waals surface area contributed by atoms with Gasteiger partial charge in [0.15, 0.2) is 0 Å². The van der Waals surface area contributed by atoms with Crippen molar-refractivity contribution in [3.05, 3.63) is 42.5 Å². The monoisotopic (exact) mass is 331 g/mol. The summed E-state index contributed by atoms with van der Waals surface area (Å²) in [6.07, 6.45) is 9.56. The smallest absolute Gasteiger partial charge is 0.145 e. The van der Waals surface area contributed by atoms with Crippen molar-refractivity contribution in [2.75, 3.05) is 11.9 Å². The second kappa shape index (κ2) is 5.53. The van der Waals surface area contributed by atoms with Gasteiger partial charge in [0.05, 0.1) is 35.9 Å². The van der Waals surface area contributed by atoms with Gasteiger partial charge in [-0.2, -0.15) is 5.26 Å². The Labute approximate surface area is 144 Å². The molecule has 7 heteroatoms. The molecule has 0 amide bonds. The fourth-order valence-electron chi connectivity index (χ4n) is 4.00. The third-order valence-corrected chi connectivity index (χ3v) is 5.20. The molecule has 25 heavy (non-hydrogen) atoms. The Morgan fingerprint density at radius 2 is 2.24 bits per heavy atom. The Hall–Kier alpha value is -2.98. The van der Waals surface area contributed by atoms with Gasteiger partial charge in [-0.3, -0.25) is 9.38 Å². The molecule has 3 aromatic heterocycles. The summed E-state index contributed by atoms with van der Waals surface area (Å²) in [6, 6.07) is 6.63. The SMILES string of the molecule is N#Cc1ccn2c(-c3cncc(NC4CC5CNC4C5)n3)cnc2c1. The Kier molecular flexibility index (Phi) is 3.18. The van der Waals surface area contributed by atoms with E-state index in [0.29, 0.717) is 17.6 Å². The molecular formula is C18H17N7. The highest BCUT2D eigenvalue weighted by Crippen LogP contribution is 2.33. The fraction of sp³-hybridized carbons (Fsp3) is 0.333. The largest absolute Gasteiger partial charge is 0.364 e. The van der Waals surface area contributed by atoms with Gasteiger partial charge < -0.3 is 10.6 Å². The summed E-state index contributed by atoms with van der Waals surface area (Å²) < 4.78 is 1.92. The first kappa shape index (κ1) is 14.4. The molecule has 1 aliphatic heterocycles. The van der Waals surface area contributed by atoms with E-state index in [4.69, 9.17) is 10.2 Å². The predicted molar refractivity (Wildman–Crippen MR) is 92.9 cm³/mol. The Morgan fingerprint density at radius 3 is 3.04 bits per heavy atom. The van der Waals surface area contributed by atoms with Gasteiger partial charge >= 0.3 is 0 Å². The third kappa shape index (κ3) is 2.42. The van der Waals surface area contributed by atoms with Gasteiger partial charge in [0.1, 0.15) is 17.2 Å². The van der Waals surface area contributed by atoms with Gasteiger partial charge in [-0.15, -0.1) is 0 Å². The lowest BCUT2D eigenvalue weighted by Crippen LogP contribution is -2.41. The van der Waals surface area contributed by atoms with Crippen LogP contribution in [0.2, 0.25) is 0 Å². The Morgan fingerprint density at radius 1 is 1.28 bits per heavy atom. The van der Waals surface area contributed by atoms with Gasteiger partial charge in [0, 0.05) is 18.3 Å². The summed E-state index contributed by atoms with van der Waals surface area (Å²) in [5.41, 5.74) is 2.95. The first-order valence-electron chi connectivity index (χ1n) is 8.50. The van der Waals surface area contributed by atoms with Crippen molar-refractivity contribution in [2.45, 2.75) is 24.9 Å². The average molecular weight is 331 g/mol. The Balaban J connectivity index is 1.46. The normalized spacial score (nSPS) is 24.5.